The molecule has 162 valence electrons. The number of rotatable bonds is 4. The first-order chi connectivity index (χ1) is 14.0. The van der Waals surface area contributed by atoms with E-state index in [9.17, 15) is 14.7 Å². The predicted molar refractivity (Wildman–Crippen MR) is 115 cm³/mol. The number of fused-ring (bicyclic) bond motifs is 2. The van der Waals surface area contributed by atoms with Gasteiger partial charge in [-0.2, -0.15) is 0 Å². The van der Waals surface area contributed by atoms with Crippen LogP contribution >= 0.6 is 12.4 Å². The molecule has 3 fully saturated rings. The number of methoxy groups -OCH3 is 1. The van der Waals surface area contributed by atoms with Crippen LogP contribution < -0.4 is 15.1 Å². The Morgan fingerprint density at radius 2 is 1.80 bits per heavy atom. The fourth-order valence-electron chi connectivity index (χ4n) is 5.31. The van der Waals surface area contributed by atoms with Gasteiger partial charge >= 0.3 is 5.97 Å². The molecule has 1 N–H and O–H groups in total. The average Bonchev–Trinajstić information content (AvgIpc) is 3.45. The van der Waals surface area contributed by atoms with Crippen molar-refractivity contribution in [2.75, 3.05) is 25.1 Å². The standard InChI is InChI=1S/C22H25FN2O4.ClH/c1-29-21-18-15(20(26)16(22(27)28)11-25(18)14-6-7-14)8-17(23)19(21)24-9-12-4-2-3-5-13(12)10-24;/h8,11-14H,2-7,9-10H2,1H3,(H,27,28);1H/t12-,13?;/m0./s1. The van der Waals surface area contributed by atoms with Crippen LogP contribution in [0, 0.1) is 17.7 Å². The van der Waals surface area contributed by atoms with Crippen LogP contribution in [0.15, 0.2) is 17.1 Å². The van der Waals surface area contributed by atoms with Crippen molar-refractivity contribution in [1.29, 1.82) is 0 Å². The Bertz CT molecular complexity index is 1050. The molecule has 5 rings (SSSR count). The highest BCUT2D eigenvalue weighted by atomic mass is 35.5. The summed E-state index contributed by atoms with van der Waals surface area (Å²) in [5.74, 6) is -0.319. The number of aromatic nitrogens is 1. The van der Waals surface area contributed by atoms with Crippen molar-refractivity contribution in [3.8, 4) is 5.75 Å². The molecule has 2 aliphatic carbocycles. The molecule has 1 aromatic carbocycles. The van der Waals surface area contributed by atoms with E-state index in [-0.39, 0.29) is 29.4 Å². The second-order valence-electron chi connectivity index (χ2n) is 8.66. The van der Waals surface area contributed by atoms with Gasteiger partial charge in [0.15, 0.2) is 11.6 Å². The molecule has 30 heavy (non-hydrogen) atoms. The molecule has 3 aliphatic rings. The van der Waals surface area contributed by atoms with Crippen molar-refractivity contribution in [1.82, 2.24) is 4.57 Å². The number of anilines is 1. The van der Waals surface area contributed by atoms with Gasteiger partial charge in [-0.1, -0.05) is 12.8 Å². The predicted octanol–water partition coefficient (Wildman–Crippen LogP) is 4.23. The fourth-order valence-corrected chi connectivity index (χ4v) is 5.31. The van der Waals surface area contributed by atoms with E-state index in [0.29, 0.717) is 28.8 Å². The number of nitrogens with zero attached hydrogens (tertiary/aromatic N) is 2. The molecule has 0 spiro atoms. The van der Waals surface area contributed by atoms with Gasteiger partial charge < -0.3 is 19.3 Å². The summed E-state index contributed by atoms with van der Waals surface area (Å²) >= 11 is 0. The van der Waals surface area contributed by atoms with Crippen molar-refractivity contribution in [2.24, 2.45) is 11.8 Å². The Hall–Kier alpha value is -2.28. The molecule has 2 heterocycles. The largest absolute Gasteiger partial charge is 0.492 e. The fraction of sp³-hybridized carbons (Fsp3) is 0.545. The van der Waals surface area contributed by atoms with Crippen LogP contribution in [0.4, 0.5) is 10.1 Å². The first kappa shape index (κ1) is 21.0. The van der Waals surface area contributed by atoms with Gasteiger partial charge in [0.1, 0.15) is 11.3 Å². The van der Waals surface area contributed by atoms with E-state index < -0.39 is 17.2 Å². The van der Waals surface area contributed by atoms with E-state index in [0.717, 1.165) is 25.9 Å². The minimum atomic E-state index is -1.29. The van der Waals surface area contributed by atoms with Gasteiger partial charge in [-0.3, -0.25) is 4.79 Å². The minimum absolute atomic E-state index is 0. The third-order valence-corrected chi connectivity index (χ3v) is 6.87. The Morgan fingerprint density at radius 3 is 2.33 bits per heavy atom. The number of benzene rings is 1. The molecular formula is C22H26ClFN2O4. The Kier molecular flexibility index (Phi) is 5.43. The van der Waals surface area contributed by atoms with Crippen LogP contribution in [0.5, 0.6) is 5.75 Å². The SMILES string of the molecule is COc1c(N2CC3CCCC[C@H]3C2)c(F)cc2c(=O)c(C(=O)O)cn(C3CC3)c12.Cl. The third-order valence-electron chi connectivity index (χ3n) is 6.87. The molecule has 0 amide bonds. The first-order valence-corrected chi connectivity index (χ1v) is 10.4. The summed E-state index contributed by atoms with van der Waals surface area (Å²) in [5, 5.41) is 9.52. The van der Waals surface area contributed by atoms with Gasteiger partial charge in [0, 0.05) is 25.3 Å². The number of hydrogen-bond acceptors (Lipinski definition) is 4. The van der Waals surface area contributed by atoms with Gasteiger partial charge in [0.05, 0.1) is 18.0 Å². The first-order valence-electron chi connectivity index (χ1n) is 10.4. The number of pyridine rings is 1. The number of hydrogen-bond donors (Lipinski definition) is 1. The zero-order valence-corrected chi connectivity index (χ0v) is 17.7. The molecule has 0 radical (unpaired) electrons. The summed E-state index contributed by atoms with van der Waals surface area (Å²) in [6.07, 6.45) is 8.01. The smallest absolute Gasteiger partial charge is 0.341 e. The highest BCUT2D eigenvalue weighted by Crippen LogP contribution is 2.46. The van der Waals surface area contributed by atoms with Gasteiger partial charge in [-0.15, -0.1) is 12.4 Å². The Labute approximate surface area is 180 Å². The lowest BCUT2D eigenvalue weighted by Crippen LogP contribution is -2.24. The third kappa shape index (κ3) is 3.23. The lowest BCUT2D eigenvalue weighted by Gasteiger charge is -2.24. The summed E-state index contributed by atoms with van der Waals surface area (Å²) in [5.41, 5.74) is -0.0726. The van der Waals surface area contributed by atoms with Crippen molar-refractivity contribution in [3.63, 3.8) is 0 Å². The molecule has 2 aromatic rings. The number of aromatic carboxylic acids is 1. The maximum atomic E-state index is 15.3. The lowest BCUT2D eigenvalue weighted by molar-refractivity contribution is 0.0695. The Balaban J connectivity index is 0.00000218. The zero-order chi connectivity index (χ0) is 20.3. The molecule has 0 bridgehead atoms. The quantitative estimate of drug-likeness (QED) is 0.776. The van der Waals surface area contributed by atoms with E-state index in [4.69, 9.17) is 4.74 Å². The summed E-state index contributed by atoms with van der Waals surface area (Å²) in [6.45, 7) is 1.59. The van der Waals surface area contributed by atoms with Crippen LogP contribution in [0.1, 0.15) is 54.9 Å². The van der Waals surface area contributed by atoms with Crippen molar-refractivity contribution in [2.45, 2.75) is 44.6 Å². The molecule has 1 unspecified atom stereocenters. The summed E-state index contributed by atoms with van der Waals surface area (Å²) in [4.78, 5) is 26.4. The second kappa shape index (κ2) is 7.76. The maximum Gasteiger partial charge on any atom is 0.341 e. The molecule has 1 saturated heterocycles. The molecule has 2 saturated carbocycles. The summed E-state index contributed by atoms with van der Waals surface area (Å²) in [6, 6.07) is 1.33. The van der Waals surface area contributed by atoms with E-state index in [1.807, 2.05) is 4.57 Å². The number of carboxylic acid groups (broad SMARTS) is 1. The summed E-state index contributed by atoms with van der Waals surface area (Å²) in [7, 11) is 1.49. The second-order valence-corrected chi connectivity index (χ2v) is 8.66. The van der Waals surface area contributed by atoms with Gasteiger partial charge in [-0.05, 0) is 43.6 Å². The highest BCUT2D eigenvalue weighted by molar-refractivity contribution is 5.97. The molecule has 1 aliphatic heterocycles. The van der Waals surface area contributed by atoms with Crippen LogP contribution in [0.25, 0.3) is 10.9 Å². The Morgan fingerprint density at radius 1 is 1.17 bits per heavy atom. The monoisotopic (exact) mass is 436 g/mol. The molecule has 8 heteroatoms. The number of halogens is 2. The van der Waals surface area contributed by atoms with E-state index in [2.05, 4.69) is 4.90 Å². The van der Waals surface area contributed by atoms with Gasteiger partial charge in [-0.25, -0.2) is 9.18 Å². The van der Waals surface area contributed by atoms with Crippen LogP contribution in [-0.4, -0.2) is 35.8 Å². The van der Waals surface area contributed by atoms with Crippen molar-refractivity contribution >= 4 is 35.0 Å². The van der Waals surface area contributed by atoms with Crippen molar-refractivity contribution in [3.05, 3.63) is 33.9 Å². The van der Waals surface area contributed by atoms with Crippen molar-refractivity contribution < 1.29 is 19.0 Å². The van der Waals surface area contributed by atoms with Gasteiger partial charge in [0.2, 0.25) is 5.43 Å². The number of carbonyl (C=O) groups is 1. The minimum Gasteiger partial charge on any atom is -0.492 e. The van der Waals surface area contributed by atoms with Crippen LogP contribution in [0.2, 0.25) is 0 Å². The molecule has 6 nitrogen and oxygen atoms in total. The van der Waals surface area contributed by atoms with Crippen LogP contribution in [0.3, 0.4) is 0 Å². The highest BCUT2D eigenvalue weighted by Gasteiger charge is 2.38. The number of ether oxygens (including phenoxy) is 1. The average molecular weight is 437 g/mol. The molecular weight excluding hydrogens is 411 g/mol. The zero-order valence-electron chi connectivity index (χ0n) is 16.9. The molecule has 1 aromatic heterocycles. The van der Waals surface area contributed by atoms with Crippen LogP contribution in [-0.2, 0) is 0 Å². The maximum absolute atomic E-state index is 15.3. The lowest BCUT2D eigenvalue weighted by atomic mass is 9.82. The summed E-state index contributed by atoms with van der Waals surface area (Å²) < 4.78 is 22.8. The van der Waals surface area contributed by atoms with Gasteiger partial charge in [0.25, 0.3) is 0 Å². The topological polar surface area (TPSA) is 71.8 Å². The van der Waals surface area contributed by atoms with E-state index in [1.165, 1.54) is 45.1 Å². The number of carboxylic acids is 1. The normalized spacial score (nSPS) is 23.2. The van der Waals surface area contributed by atoms with E-state index in [1.54, 1.807) is 0 Å². The van der Waals surface area contributed by atoms with E-state index >= 15 is 4.39 Å². The molecule has 2 atom stereocenters.